The number of nitrogens with one attached hydrogen (secondary N) is 1. The number of nitrogens with zero attached hydrogens (tertiary/aromatic N) is 1. The van der Waals surface area contributed by atoms with Crippen molar-refractivity contribution in [2.75, 3.05) is 0 Å². The monoisotopic (exact) mass is 318 g/mol. The minimum Gasteiger partial charge on any atom is -0.476 e. The van der Waals surface area contributed by atoms with Crippen LogP contribution >= 0.6 is 0 Å². The highest BCUT2D eigenvalue weighted by molar-refractivity contribution is 6.07. The zero-order valence-electron chi connectivity index (χ0n) is 13.2. The summed E-state index contributed by atoms with van der Waals surface area (Å²) in [5.41, 5.74) is 5.38. The predicted molar refractivity (Wildman–Crippen MR) is 94.9 cm³/mol. The number of carboxylic acid groups (broad SMARTS) is 1. The van der Waals surface area contributed by atoms with Gasteiger partial charge in [0.2, 0.25) is 0 Å². The van der Waals surface area contributed by atoms with Crippen LogP contribution in [0.2, 0.25) is 0 Å². The Morgan fingerprint density at radius 3 is 2.54 bits per heavy atom. The Morgan fingerprint density at radius 2 is 1.83 bits per heavy atom. The van der Waals surface area contributed by atoms with Crippen LogP contribution in [0.1, 0.15) is 41.7 Å². The molecule has 0 spiro atoms. The van der Waals surface area contributed by atoms with Crippen LogP contribution in [0.5, 0.6) is 0 Å². The lowest BCUT2D eigenvalue weighted by atomic mass is 9.92. The van der Waals surface area contributed by atoms with Crippen LogP contribution in [0.3, 0.4) is 0 Å². The van der Waals surface area contributed by atoms with Crippen molar-refractivity contribution in [3.8, 4) is 11.1 Å². The van der Waals surface area contributed by atoms with Gasteiger partial charge in [-0.25, -0.2) is 4.79 Å². The maximum atomic E-state index is 11.4. The van der Waals surface area contributed by atoms with Crippen molar-refractivity contribution < 1.29 is 9.90 Å². The summed E-state index contributed by atoms with van der Waals surface area (Å²) in [7, 11) is 0. The molecule has 24 heavy (non-hydrogen) atoms. The minimum absolute atomic E-state index is 0.0691. The van der Waals surface area contributed by atoms with Crippen LogP contribution in [0, 0.1) is 0 Å². The summed E-state index contributed by atoms with van der Waals surface area (Å²) in [5.74, 6) is -1.02. The molecule has 0 amide bonds. The molecule has 0 fully saturated rings. The molecular formula is C20H18N2O2. The van der Waals surface area contributed by atoms with Gasteiger partial charge >= 0.3 is 5.97 Å². The first kappa shape index (κ1) is 14.7. The molecule has 4 nitrogen and oxygen atoms in total. The third-order valence-electron chi connectivity index (χ3n) is 4.65. The number of benzene rings is 2. The molecule has 0 unspecified atom stereocenters. The zero-order valence-corrected chi connectivity index (χ0v) is 13.2. The lowest BCUT2D eigenvalue weighted by Crippen LogP contribution is -1.98. The Bertz CT molecular complexity index is 936. The van der Waals surface area contributed by atoms with Gasteiger partial charge in [0.15, 0.2) is 5.69 Å². The van der Waals surface area contributed by atoms with Crippen molar-refractivity contribution in [1.82, 2.24) is 10.2 Å². The van der Waals surface area contributed by atoms with Crippen molar-refractivity contribution >= 4 is 22.4 Å². The van der Waals surface area contributed by atoms with E-state index < -0.39 is 5.97 Å². The Kier molecular flexibility index (Phi) is 3.65. The van der Waals surface area contributed by atoms with Gasteiger partial charge in [-0.1, -0.05) is 42.5 Å². The molecule has 1 aromatic heterocycles. The number of hydrogen-bond donors (Lipinski definition) is 2. The van der Waals surface area contributed by atoms with E-state index in [1.165, 1.54) is 24.0 Å². The molecule has 2 aromatic carbocycles. The van der Waals surface area contributed by atoms with E-state index in [-0.39, 0.29) is 5.69 Å². The number of carboxylic acids is 1. The van der Waals surface area contributed by atoms with Crippen molar-refractivity contribution in [3.63, 3.8) is 0 Å². The molecule has 0 saturated carbocycles. The fraction of sp³-hybridized carbons (Fsp3) is 0.200. The molecule has 4 heteroatoms. The Balaban J connectivity index is 1.79. The van der Waals surface area contributed by atoms with Gasteiger partial charge < -0.3 is 5.11 Å². The first-order valence-electron chi connectivity index (χ1n) is 8.24. The highest BCUT2D eigenvalue weighted by Crippen LogP contribution is 2.32. The molecule has 1 aliphatic rings. The molecular weight excluding hydrogens is 300 g/mol. The molecule has 1 heterocycles. The number of carbonyl (C=O) groups is 1. The maximum absolute atomic E-state index is 11.4. The number of allylic oxidation sites excluding steroid dienone is 2. The second-order valence-corrected chi connectivity index (χ2v) is 6.16. The van der Waals surface area contributed by atoms with Crippen LogP contribution < -0.4 is 0 Å². The van der Waals surface area contributed by atoms with Gasteiger partial charge in [-0.15, -0.1) is 0 Å². The van der Waals surface area contributed by atoms with E-state index in [0.717, 1.165) is 29.5 Å². The molecule has 0 aliphatic heterocycles. The van der Waals surface area contributed by atoms with Gasteiger partial charge in [0, 0.05) is 5.39 Å². The van der Waals surface area contributed by atoms with Gasteiger partial charge in [-0.2, -0.15) is 5.10 Å². The second kappa shape index (κ2) is 5.96. The van der Waals surface area contributed by atoms with Crippen LogP contribution in [0.4, 0.5) is 0 Å². The molecule has 4 rings (SSSR count). The topological polar surface area (TPSA) is 66.0 Å². The molecule has 0 bridgehead atoms. The molecule has 0 radical (unpaired) electrons. The molecule has 1 aliphatic carbocycles. The first-order valence-corrected chi connectivity index (χ1v) is 8.24. The third-order valence-corrected chi connectivity index (χ3v) is 4.65. The first-order chi connectivity index (χ1) is 11.7. The van der Waals surface area contributed by atoms with E-state index >= 15 is 0 Å². The van der Waals surface area contributed by atoms with Crippen molar-refractivity contribution in [2.24, 2.45) is 0 Å². The average molecular weight is 318 g/mol. The maximum Gasteiger partial charge on any atom is 0.357 e. The lowest BCUT2D eigenvalue weighted by Gasteiger charge is -2.13. The summed E-state index contributed by atoms with van der Waals surface area (Å²) in [6.07, 6.45) is 7.16. The summed E-state index contributed by atoms with van der Waals surface area (Å²) >= 11 is 0. The normalized spacial score (nSPS) is 14.6. The molecule has 120 valence electrons. The SMILES string of the molecule is O=C(O)c1n[nH]c2cccc(-c3ccc(C4=CCCCC4)cc3)c12. The zero-order chi connectivity index (χ0) is 16.5. The summed E-state index contributed by atoms with van der Waals surface area (Å²) in [6.45, 7) is 0. The number of aromatic amines is 1. The Morgan fingerprint density at radius 1 is 1.04 bits per heavy atom. The van der Waals surface area contributed by atoms with E-state index in [4.69, 9.17) is 0 Å². The number of H-pyrrole nitrogens is 1. The summed E-state index contributed by atoms with van der Waals surface area (Å²) < 4.78 is 0. The average Bonchev–Trinajstić information content (AvgIpc) is 3.07. The molecule has 0 saturated heterocycles. The standard InChI is InChI=1S/C20H18N2O2/c23-20(24)19-18-16(7-4-8-17(18)21-22-19)15-11-9-14(10-12-15)13-5-2-1-3-6-13/h4-5,7-12H,1-3,6H2,(H,21,22)(H,23,24). The van der Waals surface area contributed by atoms with Crippen molar-refractivity contribution in [2.45, 2.75) is 25.7 Å². The smallest absolute Gasteiger partial charge is 0.357 e. The van der Waals surface area contributed by atoms with Crippen LogP contribution in [-0.2, 0) is 0 Å². The Hall–Kier alpha value is -2.88. The quantitative estimate of drug-likeness (QED) is 0.723. The van der Waals surface area contributed by atoms with Crippen molar-refractivity contribution in [3.05, 3.63) is 59.8 Å². The van der Waals surface area contributed by atoms with Gasteiger partial charge in [0.25, 0.3) is 0 Å². The van der Waals surface area contributed by atoms with E-state index in [1.807, 2.05) is 18.2 Å². The largest absolute Gasteiger partial charge is 0.476 e. The minimum atomic E-state index is -1.02. The highest BCUT2D eigenvalue weighted by Gasteiger charge is 2.17. The lowest BCUT2D eigenvalue weighted by molar-refractivity contribution is 0.0692. The van der Waals surface area contributed by atoms with Crippen molar-refractivity contribution in [1.29, 1.82) is 0 Å². The number of hydrogen-bond acceptors (Lipinski definition) is 2. The molecule has 0 atom stereocenters. The van der Waals surface area contributed by atoms with Gasteiger partial charge in [-0.05, 0) is 54.0 Å². The summed E-state index contributed by atoms with van der Waals surface area (Å²) in [4.78, 5) is 11.4. The Labute approximate surface area is 139 Å². The number of aromatic carboxylic acids is 1. The molecule has 2 N–H and O–H groups in total. The van der Waals surface area contributed by atoms with Gasteiger partial charge in [0.05, 0.1) is 5.52 Å². The fourth-order valence-electron chi connectivity index (χ4n) is 3.43. The summed E-state index contributed by atoms with van der Waals surface area (Å²) in [6, 6.07) is 14.1. The highest BCUT2D eigenvalue weighted by atomic mass is 16.4. The fourth-order valence-corrected chi connectivity index (χ4v) is 3.43. The summed E-state index contributed by atoms with van der Waals surface area (Å²) in [5, 5.41) is 16.8. The number of rotatable bonds is 3. The predicted octanol–water partition coefficient (Wildman–Crippen LogP) is 4.89. The van der Waals surface area contributed by atoms with E-state index in [9.17, 15) is 9.90 Å². The van der Waals surface area contributed by atoms with E-state index in [2.05, 4.69) is 40.5 Å². The van der Waals surface area contributed by atoms with Crippen LogP contribution in [0.25, 0.3) is 27.6 Å². The third kappa shape index (κ3) is 2.50. The van der Waals surface area contributed by atoms with Crippen LogP contribution in [0.15, 0.2) is 48.5 Å². The van der Waals surface area contributed by atoms with Gasteiger partial charge in [-0.3, -0.25) is 5.10 Å². The second-order valence-electron chi connectivity index (χ2n) is 6.16. The molecule has 3 aromatic rings. The van der Waals surface area contributed by atoms with E-state index in [0.29, 0.717) is 5.39 Å². The number of aromatic nitrogens is 2. The van der Waals surface area contributed by atoms with Gasteiger partial charge in [0.1, 0.15) is 0 Å². The van der Waals surface area contributed by atoms with Crippen LogP contribution in [-0.4, -0.2) is 21.3 Å². The number of fused-ring (bicyclic) bond motifs is 1. The van der Waals surface area contributed by atoms with E-state index in [1.54, 1.807) is 0 Å².